The quantitative estimate of drug-likeness (QED) is 0.718. The summed E-state index contributed by atoms with van der Waals surface area (Å²) < 4.78 is 28.0. The third-order valence-electron chi connectivity index (χ3n) is 5.16. The highest BCUT2D eigenvalue weighted by Crippen LogP contribution is 2.21. The highest BCUT2D eigenvalue weighted by molar-refractivity contribution is 7.89. The number of rotatable bonds is 5. The van der Waals surface area contributed by atoms with Crippen molar-refractivity contribution >= 4 is 26.5 Å². The second-order valence-corrected chi connectivity index (χ2v) is 8.81. The van der Waals surface area contributed by atoms with Crippen LogP contribution in [-0.2, 0) is 16.6 Å². The fourth-order valence-corrected chi connectivity index (χ4v) is 4.63. The number of benzene rings is 3. The van der Waals surface area contributed by atoms with E-state index in [1.807, 2.05) is 42.5 Å². The Balaban J connectivity index is 1.45. The van der Waals surface area contributed by atoms with Crippen molar-refractivity contribution in [2.24, 2.45) is 0 Å². The Kier molecular flexibility index (Phi) is 5.14. The van der Waals surface area contributed by atoms with E-state index in [2.05, 4.69) is 21.8 Å². The van der Waals surface area contributed by atoms with Crippen LogP contribution in [0.5, 0.6) is 0 Å². The van der Waals surface area contributed by atoms with Crippen LogP contribution in [-0.4, -0.2) is 21.5 Å². The summed E-state index contributed by atoms with van der Waals surface area (Å²) in [6.45, 7) is 2.50. The van der Waals surface area contributed by atoms with Crippen molar-refractivity contribution in [3.63, 3.8) is 0 Å². The molecule has 0 saturated carbocycles. The molecule has 1 fully saturated rings. The lowest BCUT2D eigenvalue weighted by atomic mass is 10.1. The van der Waals surface area contributed by atoms with E-state index in [9.17, 15) is 8.42 Å². The summed E-state index contributed by atoms with van der Waals surface area (Å²) in [5.41, 5.74) is 2.18. The minimum absolute atomic E-state index is 0.287. The van der Waals surface area contributed by atoms with Crippen LogP contribution in [0.2, 0.25) is 0 Å². The second-order valence-electron chi connectivity index (χ2n) is 7.05. The number of piperidine rings is 1. The van der Waals surface area contributed by atoms with E-state index in [4.69, 9.17) is 0 Å². The third-order valence-corrected chi connectivity index (χ3v) is 6.55. The minimum Gasteiger partial charge on any atom is -0.372 e. The van der Waals surface area contributed by atoms with E-state index in [1.54, 1.807) is 12.1 Å². The molecule has 1 aliphatic heterocycles. The Morgan fingerprint density at radius 1 is 0.815 bits per heavy atom. The average Bonchev–Trinajstić information content (AvgIpc) is 2.73. The molecule has 27 heavy (non-hydrogen) atoms. The van der Waals surface area contributed by atoms with Crippen LogP contribution >= 0.6 is 0 Å². The Morgan fingerprint density at radius 2 is 1.52 bits per heavy atom. The smallest absolute Gasteiger partial charge is 0.240 e. The van der Waals surface area contributed by atoms with Crippen molar-refractivity contribution in [3.8, 4) is 0 Å². The number of hydrogen-bond acceptors (Lipinski definition) is 3. The molecule has 1 aliphatic rings. The highest BCUT2D eigenvalue weighted by Gasteiger charge is 2.15. The predicted octanol–water partition coefficient (Wildman–Crippen LogP) is 4.31. The lowest BCUT2D eigenvalue weighted by Gasteiger charge is -2.28. The highest BCUT2D eigenvalue weighted by atomic mass is 32.2. The molecule has 0 atom stereocenters. The van der Waals surface area contributed by atoms with Crippen LogP contribution in [0.3, 0.4) is 0 Å². The van der Waals surface area contributed by atoms with Gasteiger partial charge in [-0.2, -0.15) is 0 Å². The molecule has 0 unspecified atom stereocenters. The maximum absolute atomic E-state index is 12.6. The molecular formula is C22H24N2O2S. The summed E-state index contributed by atoms with van der Waals surface area (Å²) in [5.74, 6) is 0. The number of nitrogens with zero attached hydrogens (tertiary/aromatic N) is 1. The van der Waals surface area contributed by atoms with Crippen LogP contribution in [0.4, 0.5) is 5.69 Å². The van der Waals surface area contributed by atoms with Gasteiger partial charge in [0.25, 0.3) is 0 Å². The van der Waals surface area contributed by atoms with Gasteiger partial charge in [-0.1, -0.05) is 42.5 Å². The molecule has 4 rings (SSSR count). The zero-order valence-corrected chi connectivity index (χ0v) is 16.1. The fourth-order valence-electron chi connectivity index (χ4n) is 3.57. The van der Waals surface area contributed by atoms with Gasteiger partial charge in [-0.25, -0.2) is 13.1 Å². The Bertz CT molecular complexity index is 1020. The van der Waals surface area contributed by atoms with Crippen LogP contribution < -0.4 is 9.62 Å². The number of fused-ring (bicyclic) bond motifs is 1. The summed E-state index contributed by atoms with van der Waals surface area (Å²) >= 11 is 0. The molecule has 0 amide bonds. The topological polar surface area (TPSA) is 49.4 Å². The molecule has 1 saturated heterocycles. The van der Waals surface area contributed by atoms with Gasteiger partial charge in [0.05, 0.1) is 4.90 Å². The molecule has 0 radical (unpaired) electrons. The van der Waals surface area contributed by atoms with Crippen LogP contribution in [0.25, 0.3) is 10.8 Å². The zero-order valence-electron chi connectivity index (χ0n) is 15.3. The second kappa shape index (κ2) is 7.71. The van der Waals surface area contributed by atoms with Gasteiger partial charge in [-0.05, 0) is 59.9 Å². The molecule has 1 N–H and O–H groups in total. The summed E-state index contributed by atoms with van der Waals surface area (Å²) in [4.78, 5) is 2.69. The van der Waals surface area contributed by atoms with Gasteiger partial charge in [-0.3, -0.25) is 0 Å². The summed E-state index contributed by atoms with van der Waals surface area (Å²) in [5, 5.41) is 1.95. The van der Waals surface area contributed by atoms with Crippen molar-refractivity contribution < 1.29 is 8.42 Å². The van der Waals surface area contributed by atoms with Crippen molar-refractivity contribution in [3.05, 3.63) is 72.3 Å². The standard InChI is InChI=1S/C22H24N2O2S/c25-27(26,22-13-10-19-6-2-3-7-20(19)16-22)23-17-18-8-11-21(12-9-18)24-14-4-1-5-15-24/h2-3,6-13,16,23H,1,4-5,14-15,17H2. The van der Waals surface area contributed by atoms with Crippen molar-refractivity contribution in [1.82, 2.24) is 4.72 Å². The van der Waals surface area contributed by atoms with E-state index < -0.39 is 10.0 Å². The van der Waals surface area contributed by atoms with E-state index in [-0.39, 0.29) is 6.54 Å². The molecule has 0 spiro atoms. The molecular weight excluding hydrogens is 356 g/mol. The first-order valence-corrected chi connectivity index (χ1v) is 10.9. The van der Waals surface area contributed by atoms with E-state index in [0.29, 0.717) is 4.90 Å². The summed E-state index contributed by atoms with van der Waals surface area (Å²) in [6, 6.07) is 21.2. The van der Waals surface area contributed by atoms with Gasteiger partial charge in [0.1, 0.15) is 0 Å². The summed E-state index contributed by atoms with van der Waals surface area (Å²) in [6.07, 6.45) is 3.80. The zero-order chi connectivity index (χ0) is 18.7. The van der Waals surface area contributed by atoms with Gasteiger partial charge >= 0.3 is 0 Å². The van der Waals surface area contributed by atoms with Crippen molar-refractivity contribution in [2.45, 2.75) is 30.7 Å². The molecule has 0 bridgehead atoms. The largest absolute Gasteiger partial charge is 0.372 e. The average molecular weight is 381 g/mol. The monoisotopic (exact) mass is 380 g/mol. The van der Waals surface area contributed by atoms with E-state index in [1.165, 1.54) is 24.9 Å². The number of nitrogens with one attached hydrogen (secondary N) is 1. The molecule has 3 aromatic rings. The van der Waals surface area contributed by atoms with Crippen LogP contribution in [0.15, 0.2) is 71.6 Å². The SMILES string of the molecule is O=S(=O)(NCc1ccc(N2CCCCC2)cc1)c1ccc2ccccc2c1. The number of anilines is 1. The predicted molar refractivity (Wildman–Crippen MR) is 110 cm³/mol. The first kappa shape index (κ1) is 18.0. The van der Waals surface area contributed by atoms with E-state index in [0.717, 1.165) is 29.4 Å². The van der Waals surface area contributed by atoms with Crippen LogP contribution in [0.1, 0.15) is 24.8 Å². The molecule has 5 heteroatoms. The molecule has 0 aliphatic carbocycles. The number of sulfonamides is 1. The normalized spacial score (nSPS) is 15.2. The summed E-state index contributed by atoms with van der Waals surface area (Å²) in [7, 11) is -3.54. The lowest BCUT2D eigenvalue weighted by Crippen LogP contribution is -2.29. The molecule has 1 heterocycles. The minimum atomic E-state index is -3.54. The van der Waals surface area contributed by atoms with Crippen LogP contribution in [0, 0.1) is 0 Å². The Hall–Kier alpha value is -2.37. The Morgan fingerprint density at radius 3 is 2.26 bits per heavy atom. The first-order valence-electron chi connectivity index (χ1n) is 9.44. The maximum atomic E-state index is 12.6. The first-order chi connectivity index (χ1) is 13.1. The molecule has 140 valence electrons. The third kappa shape index (κ3) is 4.15. The molecule has 3 aromatic carbocycles. The van der Waals surface area contributed by atoms with Gasteiger partial charge in [0, 0.05) is 25.3 Å². The lowest BCUT2D eigenvalue weighted by molar-refractivity contribution is 0.577. The molecule has 0 aromatic heterocycles. The van der Waals surface area contributed by atoms with Gasteiger partial charge < -0.3 is 4.90 Å². The van der Waals surface area contributed by atoms with E-state index >= 15 is 0 Å². The van der Waals surface area contributed by atoms with Crippen molar-refractivity contribution in [2.75, 3.05) is 18.0 Å². The Labute approximate surface area is 160 Å². The van der Waals surface area contributed by atoms with Crippen molar-refractivity contribution in [1.29, 1.82) is 0 Å². The number of hydrogen-bond donors (Lipinski definition) is 1. The van der Waals surface area contributed by atoms with Gasteiger partial charge in [-0.15, -0.1) is 0 Å². The van der Waals surface area contributed by atoms with Gasteiger partial charge in [0.2, 0.25) is 10.0 Å². The molecule has 4 nitrogen and oxygen atoms in total. The maximum Gasteiger partial charge on any atom is 0.240 e. The van der Waals surface area contributed by atoms with Gasteiger partial charge in [0.15, 0.2) is 0 Å². The fraction of sp³-hybridized carbons (Fsp3) is 0.273.